The molecule has 0 spiro atoms. The summed E-state index contributed by atoms with van der Waals surface area (Å²) in [6.07, 6.45) is 8.55. The molecule has 0 N–H and O–H groups in total. The zero-order valence-corrected chi connectivity index (χ0v) is 14.8. The van der Waals surface area contributed by atoms with Crippen LogP contribution in [0.3, 0.4) is 0 Å². The second-order valence-electron chi connectivity index (χ2n) is 6.29. The number of hydrogen-bond donors (Lipinski definition) is 0. The van der Waals surface area contributed by atoms with Crippen LogP contribution in [0.15, 0.2) is 46.6 Å². The molecule has 116 valence electrons. The van der Waals surface area contributed by atoms with Crippen LogP contribution >= 0.6 is 15.9 Å². The molecule has 0 radical (unpaired) electrons. The predicted octanol–water partition coefficient (Wildman–Crippen LogP) is 4.86. The highest BCUT2D eigenvalue weighted by molar-refractivity contribution is 9.10. The molecular weight excluding hydrogens is 348 g/mol. The number of rotatable bonds is 0. The molecule has 1 aromatic heterocycles. The van der Waals surface area contributed by atoms with Crippen molar-refractivity contribution in [1.82, 2.24) is 9.88 Å². The zero-order valence-electron chi connectivity index (χ0n) is 13.2. The Morgan fingerprint density at radius 3 is 2.65 bits per heavy atom. The minimum Gasteiger partial charge on any atom is -0.306 e. The summed E-state index contributed by atoms with van der Waals surface area (Å²) in [7, 11) is 2.20. The molecule has 1 fully saturated rings. The largest absolute Gasteiger partial charge is 0.306 e. The highest BCUT2D eigenvalue weighted by Crippen LogP contribution is 2.38. The van der Waals surface area contributed by atoms with Crippen LogP contribution in [0.4, 0.5) is 0 Å². The standard InChI is InChI=1S/C20H19BrN2/c1-23-11-8-15(9-12-23)19-18-13-17(21)7-6-14(18)4-5-16-3-2-10-22-20(16)19/h2-7,10,13H,8-9,11-12H2,1H3. The van der Waals surface area contributed by atoms with Crippen LogP contribution in [0, 0.1) is 0 Å². The minimum atomic E-state index is 1.12. The number of piperidine rings is 1. The molecule has 2 nitrogen and oxygen atoms in total. The van der Waals surface area contributed by atoms with Crippen LogP contribution in [0.1, 0.15) is 35.2 Å². The van der Waals surface area contributed by atoms with Crippen molar-refractivity contribution >= 4 is 33.7 Å². The summed E-state index contributed by atoms with van der Waals surface area (Å²) >= 11 is 3.64. The summed E-state index contributed by atoms with van der Waals surface area (Å²) in [6, 6.07) is 10.7. The molecule has 1 aliphatic heterocycles. The maximum atomic E-state index is 4.75. The van der Waals surface area contributed by atoms with Crippen molar-refractivity contribution in [3.8, 4) is 0 Å². The Bertz CT molecular complexity index is 810. The fourth-order valence-corrected chi connectivity index (χ4v) is 3.82. The van der Waals surface area contributed by atoms with Crippen LogP contribution in [0.25, 0.3) is 17.7 Å². The Morgan fingerprint density at radius 1 is 1.04 bits per heavy atom. The number of halogens is 1. The molecule has 0 unspecified atom stereocenters. The molecule has 0 amide bonds. The van der Waals surface area contributed by atoms with E-state index in [4.69, 9.17) is 4.98 Å². The topological polar surface area (TPSA) is 16.1 Å². The van der Waals surface area contributed by atoms with Crippen molar-refractivity contribution in [2.75, 3.05) is 20.1 Å². The van der Waals surface area contributed by atoms with Gasteiger partial charge in [-0.05, 0) is 49.2 Å². The van der Waals surface area contributed by atoms with Crippen molar-refractivity contribution in [2.45, 2.75) is 12.8 Å². The van der Waals surface area contributed by atoms with E-state index in [0.717, 1.165) is 36.1 Å². The van der Waals surface area contributed by atoms with Crippen LogP contribution in [-0.2, 0) is 0 Å². The van der Waals surface area contributed by atoms with E-state index < -0.39 is 0 Å². The summed E-state index contributed by atoms with van der Waals surface area (Å²) in [6.45, 7) is 2.25. The molecule has 4 rings (SSSR count). The first kappa shape index (κ1) is 14.9. The first-order valence-corrected chi connectivity index (χ1v) is 8.85. The molecule has 3 heteroatoms. The SMILES string of the molecule is CN1CCC(=C2c3cc(Br)ccc3C=Cc3cccnc32)CC1. The van der Waals surface area contributed by atoms with Gasteiger partial charge in [-0.25, -0.2) is 0 Å². The minimum absolute atomic E-state index is 1.12. The average molecular weight is 367 g/mol. The average Bonchev–Trinajstić information content (AvgIpc) is 2.72. The highest BCUT2D eigenvalue weighted by Gasteiger charge is 2.22. The van der Waals surface area contributed by atoms with E-state index in [-0.39, 0.29) is 0 Å². The van der Waals surface area contributed by atoms with E-state index >= 15 is 0 Å². The molecule has 0 saturated carbocycles. The molecule has 0 atom stereocenters. The highest BCUT2D eigenvalue weighted by atomic mass is 79.9. The maximum absolute atomic E-state index is 4.75. The molecule has 1 aromatic carbocycles. The Labute approximate surface area is 145 Å². The number of fused-ring (bicyclic) bond motifs is 2. The lowest BCUT2D eigenvalue weighted by atomic mass is 9.88. The molecule has 0 bridgehead atoms. The van der Waals surface area contributed by atoms with E-state index in [1.807, 2.05) is 12.3 Å². The monoisotopic (exact) mass is 366 g/mol. The van der Waals surface area contributed by atoms with Gasteiger partial charge < -0.3 is 4.90 Å². The lowest BCUT2D eigenvalue weighted by Gasteiger charge is -2.27. The first-order chi connectivity index (χ1) is 11.2. The van der Waals surface area contributed by atoms with Crippen molar-refractivity contribution in [3.05, 3.63) is 69.0 Å². The van der Waals surface area contributed by atoms with Gasteiger partial charge in [-0.3, -0.25) is 4.98 Å². The third-order valence-corrected chi connectivity index (χ3v) is 5.24. The molecule has 2 aliphatic rings. The van der Waals surface area contributed by atoms with E-state index in [0.29, 0.717) is 0 Å². The van der Waals surface area contributed by atoms with Crippen LogP contribution in [0.5, 0.6) is 0 Å². The second kappa shape index (κ2) is 6.06. The Morgan fingerprint density at radius 2 is 1.83 bits per heavy atom. The van der Waals surface area contributed by atoms with Gasteiger partial charge in [0.25, 0.3) is 0 Å². The Balaban J connectivity index is 1.98. The number of aromatic nitrogens is 1. The summed E-state index contributed by atoms with van der Waals surface area (Å²) in [5.74, 6) is 0. The summed E-state index contributed by atoms with van der Waals surface area (Å²) < 4.78 is 1.12. The molecule has 1 aliphatic carbocycles. The number of hydrogen-bond acceptors (Lipinski definition) is 2. The lowest BCUT2D eigenvalue weighted by Crippen LogP contribution is -2.27. The van der Waals surface area contributed by atoms with E-state index in [1.165, 1.54) is 27.8 Å². The van der Waals surface area contributed by atoms with Crippen molar-refractivity contribution in [3.63, 3.8) is 0 Å². The molecule has 2 heterocycles. The van der Waals surface area contributed by atoms with Crippen molar-refractivity contribution in [2.24, 2.45) is 0 Å². The first-order valence-electron chi connectivity index (χ1n) is 8.06. The van der Waals surface area contributed by atoms with E-state index in [9.17, 15) is 0 Å². The van der Waals surface area contributed by atoms with Gasteiger partial charge in [0, 0.05) is 34.9 Å². The number of pyridine rings is 1. The molecular formula is C20H19BrN2. The van der Waals surface area contributed by atoms with Gasteiger partial charge in [-0.1, -0.05) is 45.8 Å². The van der Waals surface area contributed by atoms with Gasteiger partial charge in [0.2, 0.25) is 0 Å². The van der Waals surface area contributed by atoms with Crippen LogP contribution < -0.4 is 0 Å². The summed E-state index contributed by atoms with van der Waals surface area (Å²) in [5.41, 5.74) is 7.78. The van der Waals surface area contributed by atoms with Crippen LogP contribution in [0.2, 0.25) is 0 Å². The van der Waals surface area contributed by atoms with E-state index in [2.05, 4.69) is 64.3 Å². The third-order valence-electron chi connectivity index (χ3n) is 4.75. The van der Waals surface area contributed by atoms with Gasteiger partial charge in [-0.2, -0.15) is 0 Å². The maximum Gasteiger partial charge on any atom is 0.0780 e. The zero-order chi connectivity index (χ0) is 15.8. The summed E-state index contributed by atoms with van der Waals surface area (Å²) in [5, 5.41) is 0. The fraction of sp³-hybridized carbons (Fsp3) is 0.250. The Hall–Kier alpha value is -1.71. The summed E-state index contributed by atoms with van der Waals surface area (Å²) in [4.78, 5) is 7.15. The van der Waals surface area contributed by atoms with Gasteiger partial charge in [0.05, 0.1) is 5.69 Å². The van der Waals surface area contributed by atoms with E-state index in [1.54, 1.807) is 0 Å². The van der Waals surface area contributed by atoms with Gasteiger partial charge in [0.1, 0.15) is 0 Å². The quantitative estimate of drug-likeness (QED) is 0.564. The molecule has 1 saturated heterocycles. The van der Waals surface area contributed by atoms with Crippen molar-refractivity contribution in [1.29, 1.82) is 0 Å². The van der Waals surface area contributed by atoms with Gasteiger partial charge in [-0.15, -0.1) is 0 Å². The van der Waals surface area contributed by atoms with Crippen LogP contribution in [-0.4, -0.2) is 30.0 Å². The van der Waals surface area contributed by atoms with Gasteiger partial charge in [0.15, 0.2) is 0 Å². The normalized spacial score (nSPS) is 17.7. The Kier molecular flexibility index (Phi) is 3.92. The second-order valence-corrected chi connectivity index (χ2v) is 7.20. The smallest absolute Gasteiger partial charge is 0.0780 e. The van der Waals surface area contributed by atoms with Gasteiger partial charge >= 0.3 is 0 Å². The molecule has 2 aromatic rings. The van der Waals surface area contributed by atoms with Crippen molar-refractivity contribution < 1.29 is 0 Å². The number of nitrogens with zero attached hydrogens (tertiary/aromatic N) is 2. The molecule has 23 heavy (non-hydrogen) atoms. The number of likely N-dealkylation sites (tertiary alicyclic amines) is 1. The lowest BCUT2D eigenvalue weighted by molar-refractivity contribution is 0.313. The fourth-order valence-electron chi connectivity index (χ4n) is 3.45. The third kappa shape index (κ3) is 2.79. The number of benzene rings is 1. The predicted molar refractivity (Wildman–Crippen MR) is 100 cm³/mol.